The molecule has 104 valence electrons. The topological polar surface area (TPSA) is 84.9 Å². The Balaban J connectivity index is 2.93. The average Bonchev–Trinajstić information content (AvgIpc) is 2.43. The van der Waals surface area contributed by atoms with Crippen LogP contribution in [0.15, 0.2) is 24.3 Å². The molecule has 2 N–H and O–H groups in total. The third-order valence-corrected chi connectivity index (χ3v) is 2.59. The SMILES string of the molecule is COC(=O)[C@H](NC(C)=O)[C@@H](O)c1ccc(OC)cc1. The van der Waals surface area contributed by atoms with Gasteiger partial charge in [-0.2, -0.15) is 0 Å². The summed E-state index contributed by atoms with van der Waals surface area (Å²) in [5.74, 6) is -0.508. The van der Waals surface area contributed by atoms with Crippen LogP contribution >= 0.6 is 0 Å². The summed E-state index contributed by atoms with van der Waals surface area (Å²) in [4.78, 5) is 22.6. The summed E-state index contributed by atoms with van der Waals surface area (Å²) in [6.45, 7) is 1.26. The van der Waals surface area contributed by atoms with Crippen molar-refractivity contribution in [3.63, 3.8) is 0 Å². The highest BCUT2D eigenvalue weighted by Gasteiger charge is 2.29. The fourth-order valence-electron chi connectivity index (χ4n) is 1.61. The predicted molar refractivity (Wildman–Crippen MR) is 67.6 cm³/mol. The molecule has 0 aromatic heterocycles. The standard InChI is InChI=1S/C13H17NO5/c1-8(15)14-11(13(17)19-3)12(16)9-4-6-10(18-2)7-5-9/h4-7,11-12,16H,1-3H3,(H,14,15)/t11-,12+/m1/s1. The van der Waals surface area contributed by atoms with E-state index in [9.17, 15) is 14.7 Å². The van der Waals surface area contributed by atoms with Gasteiger partial charge in [-0.25, -0.2) is 4.79 Å². The number of benzene rings is 1. The lowest BCUT2D eigenvalue weighted by molar-refractivity contribution is -0.148. The first-order valence-electron chi connectivity index (χ1n) is 5.66. The van der Waals surface area contributed by atoms with Crippen LogP contribution < -0.4 is 10.1 Å². The van der Waals surface area contributed by atoms with Crippen LogP contribution in [0, 0.1) is 0 Å². The number of hydrogen-bond acceptors (Lipinski definition) is 5. The molecular formula is C13H17NO5. The zero-order valence-electron chi connectivity index (χ0n) is 11.0. The van der Waals surface area contributed by atoms with Gasteiger partial charge in [0.25, 0.3) is 0 Å². The van der Waals surface area contributed by atoms with Gasteiger partial charge in [-0.05, 0) is 17.7 Å². The van der Waals surface area contributed by atoms with E-state index in [-0.39, 0.29) is 0 Å². The Morgan fingerprint density at radius 2 is 1.79 bits per heavy atom. The van der Waals surface area contributed by atoms with Gasteiger partial charge < -0.3 is 19.9 Å². The second-order valence-corrected chi connectivity index (χ2v) is 3.92. The van der Waals surface area contributed by atoms with Crippen molar-refractivity contribution in [2.75, 3.05) is 14.2 Å². The van der Waals surface area contributed by atoms with Gasteiger partial charge in [0.05, 0.1) is 14.2 Å². The van der Waals surface area contributed by atoms with Crippen LogP contribution in [0.2, 0.25) is 0 Å². The highest BCUT2D eigenvalue weighted by molar-refractivity contribution is 5.83. The van der Waals surface area contributed by atoms with Crippen LogP contribution in [0.4, 0.5) is 0 Å². The Kier molecular flexibility index (Phi) is 5.32. The highest BCUT2D eigenvalue weighted by Crippen LogP contribution is 2.21. The number of aliphatic hydroxyl groups excluding tert-OH is 1. The maximum absolute atomic E-state index is 11.6. The van der Waals surface area contributed by atoms with Crippen molar-refractivity contribution < 1.29 is 24.2 Å². The molecule has 1 amide bonds. The summed E-state index contributed by atoms with van der Waals surface area (Å²) in [6, 6.07) is 5.39. The smallest absolute Gasteiger partial charge is 0.331 e. The molecule has 0 heterocycles. The van der Waals surface area contributed by atoms with Crippen LogP contribution in [0.1, 0.15) is 18.6 Å². The number of aliphatic hydroxyl groups is 1. The summed E-state index contributed by atoms with van der Waals surface area (Å²) in [5, 5.41) is 12.5. The monoisotopic (exact) mass is 267 g/mol. The predicted octanol–water partition coefficient (Wildman–Crippen LogP) is 0.406. The number of rotatable bonds is 5. The van der Waals surface area contributed by atoms with E-state index in [1.54, 1.807) is 24.3 Å². The van der Waals surface area contributed by atoms with Crippen LogP contribution in [0.5, 0.6) is 5.75 Å². The minimum absolute atomic E-state index is 0.428. The summed E-state index contributed by atoms with van der Waals surface area (Å²) in [5.41, 5.74) is 0.477. The fraction of sp³-hybridized carbons (Fsp3) is 0.385. The third kappa shape index (κ3) is 3.96. The minimum Gasteiger partial charge on any atom is -0.497 e. The lowest BCUT2D eigenvalue weighted by Crippen LogP contribution is -2.44. The Morgan fingerprint density at radius 1 is 1.21 bits per heavy atom. The summed E-state index contributed by atoms with van der Waals surface area (Å²) in [7, 11) is 2.72. The number of nitrogens with one attached hydrogen (secondary N) is 1. The normalized spacial score (nSPS) is 13.3. The number of carbonyl (C=O) groups excluding carboxylic acids is 2. The van der Waals surface area contributed by atoms with Crippen LogP contribution in [0.25, 0.3) is 0 Å². The lowest BCUT2D eigenvalue weighted by atomic mass is 10.0. The lowest BCUT2D eigenvalue weighted by Gasteiger charge is -2.21. The summed E-state index contributed by atoms with van der Waals surface area (Å²) >= 11 is 0. The van der Waals surface area contributed by atoms with E-state index in [1.165, 1.54) is 21.1 Å². The molecule has 0 unspecified atom stereocenters. The van der Waals surface area contributed by atoms with E-state index < -0.39 is 24.0 Å². The molecule has 0 saturated heterocycles. The largest absolute Gasteiger partial charge is 0.497 e. The fourth-order valence-corrected chi connectivity index (χ4v) is 1.61. The van der Waals surface area contributed by atoms with Crippen LogP contribution in [-0.2, 0) is 14.3 Å². The van der Waals surface area contributed by atoms with Gasteiger partial charge in [0, 0.05) is 6.92 Å². The van der Waals surface area contributed by atoms with Gasteiger partial charge in [-0.1, -0.05) is 12.1 Å². The molecule has 1 rings (SSSR count). The molecule has 0 saturated carbocycles. The molecule has 1 aromatic carbocycles. The van der Waals surface area contributed by atoms with Crippen molar-refractivity contribution in [1.82, 2.24) is 5.32 Å². The zero-order chi connectivity index (χ0) is 14.4. The van der Waals surface area contributed by atoms with E-state index in [0.717, 1.165) is 0 Å². The van der Waals surface area contributed by atoms with E-state index in [2.05, 4.69) is 10.1 Å². The average molecular weight is 267 g/mol. The quantitative estimate of drug-likeness (QED) is 0.755. The molecule has 0 aliphatic carbocycles. The van der Waals surface area contributed by atoms with Crippen LogP contribution in [0.3, 0.4) is 0 Å². The van der Waals surface area contributed by atoms with E-state index in [1.807, 2.05) is 0 Å². The Morgan fingerprint density at radius 3 is 2.21 bits per heavy atom. The highest BCUT2D eigenvalue weighted by atomic mass is 16.5. The Labute approximate surface area is 111 Å². The van der Waals surface area contributed by atoms with Crippen molar-refractivity contribution in [2.24, 2.45) is 0 Å². The maximum Gasteiger partial charge on any atom is 0.331 e. The van der Waals surface area contributed by atoms with Gasteiger partial charge >= 0.3 is 5.97 Å². The molecule has 0 spiro atoms. The molecule has 0 radical (unpaired) electrons. The number of methoxy groups -OCH3 is 2. The van der Waals surface area contributed by atoms with E-state index >= 15 is 0 Å². The number of ether oxygens (including phenoxy) is 2. The molecule has 0 aliphatic rings. The maximum atomic E-state index is 11.6. The van der Waals surface area contributed by atoms with E-state index in [4.69, 9.17) is 4.74 Å². The molecule has 6 nitrogen and oxygen atoms in total. The molecule has 0 fully saturated rings. The first-order valence-corrected chi connectivity index (χ1v) is 5.66. The molecule has 6 heteroatoms. The first-order chi connectivity index (χ1) is 8.99. The summed E-state index contributed by atoms with van der Waals surface area (Å²) < 4.78 is 9.56. The molecule has 1 aromatic rings. The number of hydrogen-bond donors (Lipinski definition) is 2. The third-order valence-electron chi connectivity index (χ3n) is 2.59. The number of esters is 1. The number of carbonyl (C=O) groups is 2. The van der Waals surface area contributed by atoms with Gasteiger partial charge in [0.15, 0.2) is 6.04 Å². The van der Waals surface area contributed by atoms with Crippen molar-refractivity contribution in [3.8, 4) is 5.75 Å². The first kappa shape index (κ1) is 15.0. The summed E-state index contributed by atoms with van der Waals surface area (Å²) in [6.07, 6.45) is -1.19. The molecule has 2 atom stereocenters. The van der Waals surface area contributed by atoms with Crippen LogP contribution in [-0.4, -0.2) is 37.2 Å². The van der Waals surface area contributed by atoms with Crippen molar-refractivity contribution in [2.45, 2.75) is 19.1 Å². The van der Waals surface area contributed by atoms with Crippen molar-refractivity contribution in [1.29, 1.82) is 0 Å². The van der Waals surface area contributed by atoms with Gasteiger partial charge in [-0.3, -0.25) is 4.79 Å². The van der Waals surface area contributed by atoms with Gasteiger partial charge in [-0.15, -0.1) is 0 Å². The Hall–Kier alpha value is -2.08. The van der Waals surface area contributed by atoms with Gasteiger partial charge in [0.1, 0.15) is 11.9 Å². The minimum atomic E-state index is -1.19. The molecule has 0 bridgehead atoms. The molecule has 0 aliphatic heterocycles. The zero-order valence-corrected chi connectivity index (χ0v) is 11.0. The number of amides is 1. The Bertz CT molecular complexity index is 443. The van der Waals surface area contributed by atoms with E-state index in [0.29, 0.717) is 11.3 Å². The van der Waals surface area contributed by atoms with Gasteiger partial charge in [0.2, 0.25) is 5.91 Å². The van der Waals surface area contributed by atoms with Crippen molar-refractivity contribution in [3.05, 3.63) is 29.8 Å². The molecule has 19 heavy (non-hydrogen) atoms. The second kappa shape index (κ2) is 6.75. The van der Waals surface area contributed by atoms with Crippen molar-refractivity contribution >= 4 is 11.9 Å². The second-order valence-electron chi connectivity index (χ2n) is 3.92. The molecular weight excluding hydrogens is 250 g/mol.